The average Bonchev–Trinajstić information content (AvgIpc) is 3.09. The smallest absolute Gasteiger partial charge is 0.335 e. The van der Waals surface area contributed by atoms with Gasteiger partial charge in [-0.2, -0.15) is 13.2 Å². The lowest BCUT2D eigenvalue weighted by atomic mass is 10.0. The summed E-state index contributed by atoms with van der Waals surface area (Å²) in [5, 5.41) is 3.74. The summed E-state index contributed by atoms with van der Waals surface area (Å²) in [7, 11) is 0. The van der Waals surface area contributed by atoms with Gasteiger partial charge >= 0.3 is 6.18 Å². The minimum atomic E-state index is -5.02. The van der Waals surface area contributed by atoms with Crippen molar-refractivity contribution in [2.45, 2.75) is 37.6 Å². The number of carbonyl (C=O) groups is 4. The van der Waals surface area contributed by atoms with Crippen molar-refractivity contribution in [2.75, 3.05) is 0 Å². The molecule has 178 valence electrons. The Hall–Kier alpha value is -3.90. The van der Waals surface area contributed by atoms with Gasteiger partial charge in [-0.05, 0) is 30.7 Å². The summed E-state index contributed by atoms with van der Waals surface area (Å²) in [5.41, 5.74) is -1.87. The number of benzene rings is 1. The fourth-order valence-electron chi connectivity index (χ4n) is 3.87. The number of hydrogen-bond donors (Lipinski definition) is 2. The second kappa shape index (κ2) is 8.47. The first-order valence-corrected chi connectivity index (χ1v) is 9.92. The highest BCUT2D eigenvalue weighted by Gasteiger charge is 2.44. The fraction of sp³-hybridized carbons (Fsp3) is 0.286. The summed E-state index contributed by atoms with van der Waals surface area (Å²) in [6.07, 6.45) is -4.47. The van der Waals surface area contributed by atoms with Crippen LogP contribution >= 0.6 is 0 Å². The molecule has 2 aliphatic heterocycles. The van der Waals surface area contributed by atoms with E-state index in [9.17, 15) is 36.7 Å². The van der Waals surface area contributed by atoms with Crippen LogP contribution in [-0.2, 0) is 16.1 Å². The molecule has 2 N–H and O–H groups in total. The third kappa shape index (κ3) is 4.20. The highest BCUT2D eigenvalue weighted by Crippen LogP contribution is 2.34. The van der Waals surface area contributed by atoms with Crippen molar-refractivity contribution in [3.63, 3.8) is 0 Å². The number of carbonyl (C=O) groups excluding carboxylic acids is 4. The van der Waals surface area contributed by atoms with E-state index in [1.807, 2.05) is 0 Å². The molecule has 8 nitrogen and oxygen atoms in total. The maximum absolute atomic E-state index is 15.2. The number of nitrogens with zero attached hydrogens (tertiary/aromatic N) is 2. The molecule has 13 heteroatoms. The highest BCUT2D eigenvalue weighted by atomic mass is 19.4. The fourth-order valence-corrected chi connectivity index (χ4v) is 3.87. The summed E-state index contributed by atoms with van der Waals surface area (Å²) < 4.78 is 68.8. The number of piperidine rings is 1. The zero-order chi connectivity index (χ0) is 24.8. The molecule has 0 saturated carbocycles. The Morgan fingerprint density at radius 3 is 2.50 bits per heavy atom. The number of imide groups is 1. The molecule has 3 heterocycles. The minimum Gasteiger partial charge on any atom is -0.335 e. The zero-order valence-corrected chi connectivity index (χ0v) is 17.1. The van der Waals surface area contributed by atoms with Crippen LogP contribution in [0, 0.1) is 11.6 Å². The van der Waals surface area contributed by atoms with Gasteiger partial charge in [-0.3, -0.25) is 29.5 Å². The summed E-state index contributed by atoms with van der Waals surface area (Å²) in [6.45, 7) is -0.407. The van der Waals surface area contributed by atoms with Crippen LogP contribution in [0.3, 0.4) is 0 Å². The number of rotatable bonds is 4. The molecule has 2 aliphatic rings. The Balaban J connectivity index is 1.59. The maximum atomic E-state index is 15.2. The zero-order valence-electron chi connectivity index (χ0n) is 17.1. The van der Waals surface area contributed by atoms with Gasteiger partial charge in [0.2, 0.25) is 11.8 Å². The third-order valence-corrected chi connectivity index (χ3v) is 5.54. The number of aromatic nitrogens is 1. The second-order valence-electron chi connectivity index (χ2n) is 7.70. The predicted octanol–water partition coefficient (Wildman–Crippen LogP) is 2.15. The van der Waals surface area contributed by atoms with Gasteiger partial charge in [0, 0.05) is 17.5 Å². The van der Waals surface area contributed by atoms with Crippen LogP contribution in [0.1, 0.15) is 50.9 Å². The Bertz CT molecular complexity index is 1200. The first-order valence-electron chi connectivity index (χ1n) is 9.92. The van der Waals surface area contributed by atoms with Crippen molar-refractivity contribution < 1.29 is 41.1 Å². The molecule has 4 amide bonds. The number of amides is 4. The van der Waals surface area contributed by atoms with Crippen LogP contribution in [0.15, 0.2) is 30.5 Å². The standard InChI is InChI=1S/C21H15F5N4O4/c22-9-1-4-13(27-7-9)17(21(24,25)26)29-18(32)11-3-2-10-12(16(11)23)8-30(20(10)34)14-5-6-15(31)28-19(14)33/h1-4,7,14,17H,5-6,8H2,(H,29,32)(H,28,31,33). The number of pyridine rings is 1. The van der Waals surface area contributed by atoms with Crippen molar-refractivity contribution in [1.82, 2.24) is 20.5 Å². The lowest BCUT2D eigenvalue weighted by Gasteiger charge is -2.29. The van der Waals surface area contributed by atoms with Crippen molar-refractivity contribution in [3.8, 4) is 0 Å². The van der Waals surface area contributed by atoms with E-state index in [1.165, 1.54) is 0 Å². The van der Waals surface area contributed by atoms with E-state index < -0.39 is 71.3 Å². The van der Waals surface area contributed by atoms with Crippen molar-refractivity contribution >= 4 is 23.6 Å². The Morgan fingerprint density at radius 2 is 1.88 bits per heavy atom. The molecule has 1 fully saturated rings. The second-order valence-corrected chi connectivity index (χ2v) is 7.70. The quantitative estimate of drug-likeness (QED) is 0.513. The largest absolute Gasteiger partial charge is 0.414 e. The molecule has 0 aliphatic carbocycles. The van der Waals surface area contributed by atoms with E-state index >= 15 is 4.39 Å². The molecule has 2 aromatic rings. The number of hydrogen-bond acceptors (Lipinski definition) is 5. The molecule has 0 bridgehead atoms. The van der Waals surface area contributed by atoms with Crippen molar-refractivity contribution in [1.29, 1.82) is 0 Å². The van der Waals surface area contributed by atoms with E-state index in [0.29, 0.717) is 6.20 Å². The van der Waals surface area contributed by atoms with Gasteiger partial charge in [0.15, 0.2) is 6.04 Å². The molecule has 2 atom stereocenters. The normalized spacial score (nSPS) is 19.0. The van der Waals surface area contributed by atoms with E-state index in [0.717, 1.165) is 29.2 Å². The highest BCUT2D eigenvalue weighted by molar-refractivity contribution is 6.06. The van der Waals surface area contributed by atoms with Crippen molar-refractivity contribution in [2.24, 2.45) is 0 Å². The van der Waals surface area contributed by atoms with Gasteiger partial charge in [0.05, 0.1) is 24.0 Å². The molecule has 1 aromatic heterocycles. The number of nitrogens with one attached hydrogen (secondary N) is 2. The Labute approximate surface area is 188 Å². The SMILES string of the molecule is O=C1CCC(N2Cc3c(ccc(C(=O)NC(c4ccc(F)cn4)C(F)(F)F)c3F)C2=O)C(=O)N1. The number of halogens is 5. The molecule has 0 spiro atoms. The lowest BCUT2D eigenvalue weighted by Crippen LogP contribution is -2.52. The van der Waals surface area contributed by atoms with Gasteiger partial charge in [-0.15, -0.1) is 0 Å². The monoisotopic (exact) mass is 482 g/mol. The van der Waals surface area contributed by atoms with Crippen LogP contribution in [0.25, 0.3) is 0 Å². The van der Waals surface area contributed by atoms with Crippen LogP contribution in [0.5, 0.6) is 0 Å². The van der Waals surface area contributed by atoms with Gasteiger partial charge < -0.3 is 10.2 Å². The number of fused-ring (bicyclic) bond motifs is 1. The van der Waals surface area contributed by atoms with Gasteiger partial charge in [-0.1, -0.05) is 0 Å². The van der Waals surface area contributed by atoms with Crippen molar-refractivity contribution in [3.05, 3.63) is 64.5 Å². The number of alkyl halides is 3. The van der Waals surface area contributed by atoms with E-state index in [-0.39, 0.29) is 24.0 Å². The molecule has 1 saturated heterocycles. The average molecular weight is 482 g/mol. The minimum absolute atomic E-state index is 0.0249. The first-order chi connectivity index (χ1) is 16.0. The van der Waals surface area contributed by atoms with E-state index in [2.05, 4.69) is 10.3 Å². The van der Waals surface area contributed by atoms with Crippen LogP contribution in [0.4, 0.5) is 22.0 Å². The molecule has 2 unspecified atom stereocenters. The molecule has 4 rings (SSSR count). The Kier molecular flexibility index (Phi) is 5.79. The summed E-state index contributed by atoms with van der Waals surface area (Å²) in [5.74, 6) is -5.47. The molecule has 34 heavy (non-hydrogen) atoms. The maximum Gasteiger partial charge on any atom is 0.414 e. The Morgan fingerprint density at radius 1 is 1.15 bits per heavy atom. The van der Waals surface area contributed by atoms with E-state index in [1.54, 1.807) is 5.32 Å². The molecular formula is C21H15F5N4O4. The first kappa shape index (κ1) is 23.3. The van der Waals surface area contributed by atoms with Gasteiger partial charge in [-0.25, -0.2) is 8.78 Å². The summed E-state index contributed by atoms with van der Waals surface area (Å²) in [6, 6.07) is -0.258. The summed E-state index contributed by atoms with van der Waals surface area (Å²) in [4.78, 5) is 53.1. The predicted molar refractivity (Wildman–Crippen MR) is 103 cm³/mol. The molecular weight excluding hydrogens is 467 g/mol. The van der Waals surface area contributed by atoms with Gasteiger partial charge in [0.1, 0.15) is 17.7 Å². The van der Waals surface area contributed by atoms with E-state index in [4.69, 9.17) is 0 Å². The van der Waals surface area contributed by atoms with Gasteiger partial charge in [0.25, 0.3) is 11.8 Å². The van der Waals surface area contributed by atoms with Crippen LogP contribution in [0.2, 0.25) is 0 Å². The third-order valence-electron chi connectivity index (χ3n) is 5.54. The molecule has 1 aromatic carbocycles. The molecule has 0 radical (unpaired) electrons. The topological polar surface area (TPSA) is 108 Å². The van der Waals surface area contributed by atoms with Crippen LogP contribution < -0.4 is 10.6 Å². The lowest BCUT2D eigenvalue weighted by molar-refractivity contribution is -0.156. The summed E-state index contributed by atoms with van der Waals surface area (Å²) >= 11 is 0. The van der Waals surface area contributed by atoms with Crippen LogP contribution in [-0.4, -0.2) is 45.7 Å².